The van der Waals surface area contributed by atoms with Crippen LogP contribution in [0.1, 0.15) is 24.0 Å². The largest absolute Gasteiger partial charge is 0.393 e. The van der Waals surface area contributed by atoms with Gasteiger partial charge in [0, 0.05) is 19.6 Å². The zero-order valence-corrected chi connectivity index (χ0v) is 12.3. The van der Waals surface area contributed by atoms with Crippen LogP contribution in [0.2, 0.25) is 0 Å². The van der Waals surface area contributed by atoms with Crippen molar-refractivity contribution in [3.05, 3.63) is 41.7 Å². The molecular weight excluding hydrogens is 262 g/mol. The average molecular weight is 283 g/mol. The third kappa shape index (κ3) is 3.07. The maximum Gasteiger partial charge on any atom is 0.157 e. The second-order valence-electron chi connectivity index (χ2n) is 5.49. The molecule has 1 saturated heterocycles. The summed E-state index contributed by atoms with van der Waals surface area (Å²) in [6.07, 6.45) is 3.99. The quantitative estimate of drug-likeness (QED) is 0.902. The highest BCUT2D eigenvalue weighted by atomic mass is 15.2. The number of anilines is 3. The Morgan fingerprint density at radius 2 is 1.86 bits per heavy atom. The van der Waals surface area contributed by atoms with Crippen molar-refractivity contribution in [2.24, 2.45) is 0 Å². The molecule has 1 aliphatic rings. The number of aromatic nitrogens is 2. The van der Waals surface area contributed by atoms with E-state index in [1.165, 1.54) is 24.0 Å². The van der Waals surface area contributed by atoms with Crippen molar-refractivity contribution in [1.82, 2.24) is 9.97 Å². The fraction of sp³-hybridized carbons (Fsp3) is 0.375. The molecule has 1 aliphatic heterocycles. The van der Waals surface area contributed by atoms with E-state index in [1.807, 2.05) is 0 Å². The van der Waals surface area contributed by atoms with Crippen LogP contribution in [0.4, 0.5) is 17.3 Å². The van der Waals surface area contributed by atoms with Gasteiger partial charge in [-0.25, -0.2) is 9.97 Å². The lowest BCUT2D eigenvalue weighted by atomic mass is 10.1. The van der Waals surface area contributed by atoms with E-state index < -0.39 is 0 Å². The molecule has 21 heavy (non-hydrogen) atoms. The van der Waals surface area contributed by atoms with Gasteiger partial charge in [-0.15, -0.1) is 0 Å². The van der Waals surface area contributed by atoms with Crippen molar-refractivity contribution in [1.29, 1.82) is 0 Å². The first-order valence-corrected chi connectivity index (χ1v) is 7.39. The van der Waals surface area contributed by atoms with Gasteiger partial charge in [-0.1, -0.05) is 29.8 Å². The zero-order valence-electron chi connectivity index (χ0n) is 12.3. The van der Waals surface area contributed by atoms with E-state index in [9.17, 15) is 0 Å². The maximum atomic E-state index is 6.22. The van der Waals surface area contributed by atoms with Gasteiger partial charge in [0.05, 0.1) is 0 Å². The molecular formula is C16H21N5. The number of nitrogens with two attached hydrogens (primary N) is 1. The van der Waals surface area contributed by atoms with Crippen LogP contribution in [-0.2, 0) is 6.54 Å². The summed E-state index contributed by atoms with van der Waals surface area (Å²) in [5.74, 6) is 1.57. The molecule has 1 aromatic carbocycles. The Labute approximate surface area is 125 Å². The SMILES string of the molecule is Cc1ccc(CNc2ncnc(N3CCCC3)c2N)cc1. The van der Waals surface area contributed by atoms with Gasteiger partial charge in [0.15, 0.2) is 11.6 Å². The fourth-order valence-corrected chi connectivity index (χ4v) is 2.60. The molecule has 110 valence electrons. The Morgan fingerprint density at radius 3 is 2.57 bits per heavy atom. The molecule has 3 rings (SSSR count). The molecule has 3 N–H and O–H groups in total. The number of rotatable bonds is 4. The summed E-state index contributed by atoms with van der Waals surface area (Å²) < 4.78 is 0. The van der Waals surface area contributed by atoms with E-state index in [0.29, 0.717) is 18.1 Å². The van der Waals surface area contributed by atoms with Crippen molar-refractivity contribution in [3.8, 4) is 0 Å². The topological polar surface area (TPSA) is 67.1 Å². The Hall–Kier alpha value is -2.30. The summed E-state index contributed by atoms with van der Waals surface area (Å²) >= 11 is 0. The zero-order chi connectivity index (χ0) is 14.7. The molecule has 5 heteroatoms. The Balaban J connectivity index is 1.73. The van der Waals surface area contributed by atoms with E-state index in [1.54, 1.807) is 6.33 Å². The molecule has 0 bridgehead atoms. The van der Waals surface area contributed by atoms with Crippen LogP contribution < -0.4 is 16.0 Å². The van der Waals surface area contributed by atoms with Gasteiger partial charge in [-0.2, -0.15) is 0 Å². The standard InChI is InChI=1S/C16H21N5/c1-12-4-6-13(7-5-12)10-18-15-14(17)16(20-11-19-15)21-8-2-3-9-21/h4-7,11H,2-3,8-10,17H2,1H3,(H,18,19,20). The minimum Gasteiger partial charge on any atom is -0.393 e. The minimum atomic E-state index is 0.645. The van der Waals surface area contributed by atoms with Gasteiger partial charge in [0.1, 0.15) is 12.0 Å². The molecule has 0 aliphatic carbocycles. The van der Waals surface area contributed by atoms with E-state index in [0.717, 1.165) is 18.9 Å². The summed E-state index contributed by atoms with van der Waals surface area (Å²) in [7, 11) is 0. The van der Waals surface area contributed by atoms with Crippen molar-refractivity contribution in [3.63, 3.8) is 0 Å². The Bertz CT molecular complexity index is 603. The van der Waals surface area contributed by atoms with Crippen molar-refractivity contribution in [2.45, 2.75) is 26.3 Å². The van der Waals surface area contributed by atoms with Crippen LogP contribution in [0.25, 0.3) is 0 Å². The third-order valence-corrected chi connectivity index (χ3v) is 3.85. The Kier molecular flexibility index (Phi) is 3.90. The molecule has 1 fully saturated rings. The van der Waals surface area contributed by atoms with Crippen LogP contribution in [0, 0.1) is 6.92 Å². The van der Waals surface area contributed by atoms with Crippen LogP contribution in [-0.4, -0.2) is 23.1 Å². The van der Waals surface area contributed by atoms with Crippen LogP contribution in [0.3, 0.4) is 0 Å². The molecule has 0 amide bonds. The molecule has 0 spiro atoms. The number of benzene rings is 1. The molecule has 2 heterocycles. The second-order valence-corrected chi connectivity index (χ2v) is 5.49. The molecule has 5 nitrogen and oxygen atoms in total. The van der Waals surface area contributed by atoms with Crippen LogP contribution >= 0.6 is 0 Å². The number of nitrogens with zero attached hydrogens (tertiary/aromatic N) is 3. The van der Waals surface area contributed by atoms with Gasteiger partial charge in [-0.3, -0.25) is 0 Å². The summed E-state index contributed by atoms with van der Waals surface area (Å²) in [4.78, 5) is 10.8. The second kappa shape index (κ2) is 5.99. The molecule has 0 radical (unpaired) electrons. The lowest BCUT2D eigenvalue weighted by Crippen LogP contribution is -2.21. The average Bonchev–Trinajstić information content (AvgIpc) is 3.02. The highest BCUT2D eigenvalue weighted by Crippen LogP contribution is 2.28. The predicted octanol–water partition coefficient (Wildman–Crippen LogP) is 2.58. The van der Waals surface area contributed by atoms with Crippen molar-refractivity contribution in [2.75, 3.05) is 29.0 Å². The number of nitrogen functional groups attached to an aromatic ring is 1. The number of hydrogen-bond acceptors (Lipinski definition) is 5. The molecule has 2 aromatic rings. The summed E-state index contributed by atoms with van der Waals surface area (Å²) in [6, 6.07) is 8.44. The third-order valence-electron chi connectivity index (χ3n) is 3.85. The fourth-order valence-electron chi connectivity index (χ4n) is 2.60. The molecule has 0 atom stereocenters. The first-order valence-electron chi connectivity index (χ1n) is 7.39. The number of aryl methyl sites for hydroxylation is 1. The van der Waals surface area contributed by atoms with Gasteiger partial charge in [-0.05, 0) is 25.3 Å². The van der Waals surface area contributed by atoms with Gasteiger partial charge >= 0.3 is 0 Å². The smallest absolute Gasteiger partial charge is 0.157 e. The van der Waals surface area contributed by atoms with Gasteiger partial charge < -0.3 is 16.0 Å². The maximum absolute atomic E-state index is 6.22. The number of hydrogen-bond donors (Lipinski definition) is 2. The summed E-state index contributed by atoms with van der Waals surface area (Å²) in [6.45, 7) is 4.85. The van der Waals surface area contributed by atoms with Gasteiger partial charge in [0.25, 0.3) is 0 Å². The highest BCUT2D eigenvalue weighted by molar-refractivity contribution is 5.75. The minimum absolute atomic E-state index is 0.645. The lowest BCUT2D eigenvalue weighted by Gasteiger charge is -2.19. The van der Waals surface area contributed by atoms with E-state index in [-0.39, 0.29) is 0 Å². The van der Waals surface area contributed by atoms with Crippen molar-refractivity contribution >= 4 is 17.3 Å². The first kappa shape index (κ1) is 13.7. The van der Waals surface area contributed by atoms with Crippen LogP contribution in [0.5, 0.6) is 0 Å². The van der Waals surface area contributed by atoms with E-state index in [2.05, 4.69) is 51.4 Å². The van der Waals surface area contributed by atoms with E-state index in [4.69, 9.17) is 5.73 Å². The number of nitrogens with one attached hydrogen (secondary N) is 1. The highest BCUT2D eigenvalue weighted by Gasteiger charge is 2.18. The van der Waals surface area contributed by atoms with Gasteiger partial charge in [0.2, 0.25) is 0 Å². The van der Waals surface area contributed by atoms with Crippen molar-refractivity contribution < 1.29 is 0 Å². The first-order chi connectivity index (χ1) is 10.2. The summed E-state index contributed by atoms with van der Waals surface area (Å²) in [5.41, 5.74) is 9.34. The lowest BCUT2D eigenvalue weighted by molar-refractivity contribution is 0.928. The molecule has 1 aromatic heterocycles. The Morgan fingerprint density at radius 1 is 1.14 bits per heavy atom. The summed E-state index contributed by atoms with van der Waals surface area (Å²) in [5, 5.41) is 3.31. The normalized spacial score (nSPS) is 14.4. The predicted molar refractivity (Wildman–Crippen MR) is 86.4 cm³/mol. The van der Waals surface area contributed by atoms with Crippen LogP contribution in [0.15, 0.2) is 30.6 Å². The monoisotopic (exact) mass is 283 g/mol. The van der Waals surface area contributed by atoms with E-state index >= 15 is 0 Å². The molecule has 0 saturated carbocycles. The molecule has 0 unspecified atom stereocenters.